The van der Waals surface area contributed by atoms with E-state index in [0.717, 1.165) is 24.9 Å². The number of aromatic nitrogens is 2. The van der Waals surface area contributed by atoms with Crippen molar-refractivity contribution in [2.24, 2.45) is 11.8 Å². The van der Waals surface area contributed by atoms with E-state index in [-0.39, 0.29) is 5.69 Å². The van der Waals surface area contributed by atoms with Crippen LogP contribution in [0.2, 0.25) is 0 Å². The van der Waals surface area contributed by atoms with E-state index < -0.39 is 5.97 Å². The third kappa shape index (κ3) is 1.85. The van der Waals surface area contributed by atoms with Gasteiger partial charge < -0.3 is 10.0 Å². The summed E-state index contributed by atoms with van der Waals surface area (Å²) >= 11 is 0. The Kier molecular flexibility index (Phi) is 2.46. The highest BCUT2D eigenvalue weighted by molar-refractivity contribution is 5.85. The first-order chi connectivity index (χ1) is 8.24. The van der Waals surface area contributed by atoms with Gasteiger partial charge in [-0.15, -0.1) is 0 Å². The molecule has 2 unspecified atom stereocenters. The van der Waals surface area contributed by atoms with Crippen LogP contribution in [-0.4, -0.2) is 34.1 Å². The molecule has 2 aliphatic rings. The Balaban J connectivity index is 1.81. The summed E-state index contributed by atoms with van der Waals surface area (Å²) in [6.45, 7) is 2.00. The smallest absolute Gasteiger partial charge is 0.356 e. The fourth-order valence-corrected chi connectivity index (χ4v) is 3.03. The van der Waals surface area contributed by atoms with Gasteiger partial charge in [0.15, 0.2) is 5.69 Å². The van der Waals surface area contributed by atoms with Gasteiger partial charge in [0.1, 0.15) is 5.82 Å². The molecule has 0 spiro atoms. The van der Waals surface area contributed by atoms with Crippen LogP contribution in [0.3, 0.4) is 0 Å². The van der Waals surface area contributed by atoms with Crippen molar-refractivity contribution in [2.75, 3.05) is 18.0 Å². The molecule has 1 aromatic rings. The summed E-state index contributed by atoms with van der Waals surface area (Å²) in [4.78, 5) is 21.1. The van der Waals surface area contributed by atoms with Crippen LogP contribution in [0.1, 0.15) is 29.8 Å². The normalized spacial score (nSPS) is 27.2. The van der Waals surface area contributed by atoms with Gasteiger partial charge in [0.05, 0.1) is 12.4 Å². The zero-order valence-electron chi connectivity index (χ0n) is 9.54. The van der Waals surface area contributed by atoms with E-state index in [1.807, 2.05) is 0 Å². The van der Waals surface area contributed by atoms with Crippen LogP contribution in [0, 0.1) is 11.8 Å². The molecule has 1 aliphatic heterocycles. The Morgan fingerprint density at radius 2 is 2.00 bits per heavy atom. The lowest BCUT2D eigenvalue weighted by molar-refractivity contribution is 0.0690. The van der Waals surface area contributed by atoms with Crippen LogP contribution in [0.4, 0.5) is 5.82 Å². The lowest BCUT2D eigenvalue weighted by Gasteiger charge is -2.17. The Labute approximate surface area is 99.5 Å². The average Bonchev–Trinajstić information content (AvgIpc) is 2.89. The van der Waals surface area contributed by atoms with E-state index in [9.17, 15) is 4.79 Å². The molecule has 2 fully saturated rings. The van der Waals surface area contributed by atoms with Crippen LogP contribution < -0.4 is 4.90 Å². The predicted octanol–water partition coefficient (Wildman–Crippen LogP) is 1.41. The number of hydrogen-bond acceptors (Lipinski definition) is 4. The molecule has 17 heavy (non-hydrogen) atoms. The SMILES string of the molecule is O=C(O)c1cncc(N2CC3CCCC3C2)n1. The largest absolute Gasteiger partial charge is 0.476 e. The maximum atomic E-state index is 10.8. The molecule has 1 aromatic heterocycles. The summed E-state index contributed by atoms with van der Waals surface area (Å²) in [5, 5.41) is 8.89. The fourth-order valence-electron chi connectivity index (χ4n) is 3.03. The lowest BCUT2D eigenvalue weighted by Crippen LogP contribution is -2.22. The highest BCUT2D eigenvalue weighted by Crippen LogP contribution is 2.38. The molecule has 1 saturated heterocycles. The summed E-state index contributed by atoms with van der Waals surface area (Å²) in [7, 11) is 0. The van der Waals surface area contributed by atoms with Crippen molar-refractivity contribution >= 4 is 11.8 Å². The zero-order chi connectivity index (χ0) is 11.8. The number of aromatic carboxylic acids is 1. The number of carbonyl (C=O) groups is 1. The van der Waals surface area contributed by atoms with Crippen LogP contribution in [0.25, 0.3) is 0 Å². The Morgan fingerprint density at radius 1 is 1.29 bits per heavy atom. The second-order valence-electron chi connectivity index (χ2n) is 4.92. The third-order valence-electron chi connectivity index (χ3n) is 3.89. The predicted molar refractivity (Wildman–Crippen MR) is 62.0 cm³/mol. The van der Waals surface area contributed by atoms with E-state index >= 15 is 0 Å². The highest BCUT2D eigenvalue weighted by atomic mass is 16.4. The van der Waals surface area contributed by atoms with E-state index in [4.69, 9.17) is 5.11 Å². The number of anilines is 1. The fraction of sp³-hybridized carbons (Fsp3) is 0.583. The topological polar surface area (TPSA) is 66.3 Å². The van der Waals surface area contributed by atoms with Crippen molar-refractivity contribution in [1.29, 1.82) is 0 Å². The molecule has 5 heteroatoms. The zero-order valence-corrected chi connectivity index (χ0v) is 9.54. The summed E-state index contributed by atoms with van der Waals surface area (Å²) in [5.74, 6) is 1.23. The first-order valence-corrected chi connectivity index (χ1v) is 6.04. The van der Waals surface area contributed by atoms with Gasteiger partial charge in [-0.05, 0) is 24.7 Å². The molecular formula is C12H15N3O2. The molecule has 5 nitrogen and oxygen atoms in total. The number of fused-ring (bicyclic) bond motifs is 1. The number of rotatable bonds is 2. The van der Waals surface area contributed by atoms with Crippen molar-refractivity contribution in [1.82, 2.24) is 9.97 Å². The van der Waals surface area contributed by atoms with E-state index in [0.29, 0.717) is 5.82 Å². The maximum absolute atomic E-state index is 10.8. The highest BCUT2D eigenvalue weighted by Gasteiger charge is 2.36. The van der Waals surface area contributed by atoms with E-state index in [1.165, 1.54) is 25.5 Å². The van der Waals surface area contributed by atoms with Gasteiger partial charge in [0.25, 0.3) is 0 Å². The van der Waals surface area contributed by atoms with Crippen molar-refractivity contribution in [3.8, 4) is 0 Å². The molecule has 0 aromatic carbocycles. The van der Waals surface area contributed by atoms with Crippen molar-refractivity contribution in [3.63, 3.8) is 0 Å². The molecule has 1 N–H and O–H groups in total. The number of nitrogens with zero attached hydrogens (tertiary/aromatic N) is 3. The second kappa shape index (κ2) is 3.98. The minimum atomic E-state index is -1.02. The third-order valence-corrected chi connectivity index (χ3v) is 3.89. The summed E-state index contributed by atoms with van der Waals surface area (Å²) < 4.78 is 0. The molecule has 90 valence electrons. The molecule has 2 atom stereocenters. The Morgan fingerprint density at radius 3 is 2.65 bits per heavy atom. The minimum Gasteiger partial charge on any atom is -0.476 e. The monoisotopic (exact) mass is 233 g/mol. The second-order valence-corrected chi connectivity index (χ2v) is 4.92. The lowest BCUT2D eigenvalue weighted by atomic mass is 10.0. The average molecular weight is 233 g/mol. The summed E-state index contributed by atoms with van der Waals surface area (Å²) in [5.41, 5.74) is 0.0274. The van der Waals surface area contributed by atoms with Crippen LogP contribution in [0.5, 0.6) is 0 Å². The first kappa shape index (κ1) is 10.5. The van der Waals surface area contributed by atoms with Crippen LogP contribution >= 0.6 is 0 Å². The number of carboxylic acids is 1. The quantitative estimate of drug-likeness (QED) is 0.836. The van der Waals surface area contributed by atoms with Crippen LogP contribution in [-0.2, 0) is 0 Å². The number of hydrogen-bond donors (Lipinski definition) is 1. The molecule has 0 bridgehead atoms. The van der Waals surface area contributed by atoms with Gasteiger partial charge in [-0.3, -0.25) is 4.98 Å². The molecule has 3 rings (SSSR count). The minimum absolute atomic E-state index is 0.0274. The molecular weight excluding hydrogens is 218 g/mol. The van der Waals surface area contributed by atoms with Gasteiger partial charge in [-0.2, -0.15) is 0 Å². The van der Waals surface area contributed by atoms with Crippen molar-refractivity contribution < 1.29 is 9.90 Å². The van der Waals surface area contributed by atoms with Gasteiger partial charge in [0.2, 0.25) is 0 Å². The van der Waals surface area contributed by atoms with Crippen LogP contribution in [0.15, 0.2) is 12.4 Å². The van der Waals surface area contributed by atoms with Crippen molar-refractivity contribution in [2.45, 2.75) is 19.3 Å². The molecule has 2 heterocycles. The molecule has 1 aliphatic carbocycles. The van der Waals surface area contributed by atoms with Gasteiger partial charge in [-0.1, -0.05) is 6.42 Å². The first-order valence-electron chi connectivity index (χ1n) is 6.04. The van der Waals surface area contributed by atoms with Crippen molar-refractivity contribution in [3.05, 3.63) is 18.1 Å². The van der Waals surface area contributed by atoms with Gasteiger partial charge in [-0.25, -0.2) is 9.78 Å². The summed E-state index contributed by atoms with van der Waals surface area (Å²) in [6, 6.07) is 0. The standard InChI is InChI=1S/C12H15N3O2/c16-12(17)10-4-13-5-11(14-10)15-6-8-2-1-3-9(8)7-15/h4-5,8-9H,1-3,6-7H2,(H,16,17). The molecule has 0 amide bonds. The number of carboxylic acid groups (broad SMARTS) is 1. The molecule has 1 saturated carbocycles. The van der Waals surface area contributed by atoms with Gasteiger partial charge in [0, 0.05) is 13.1 Å². The van der Waals surface area contributed by atoms with E-state index in [2.05, 4.69) is 14.9 Å². The Hall–Kier alpha value is -1.65. The summed E-state index contributed by atoms with van der Waals surface area (Å²) in [6.07, 6.45) is 6.89. The molecule has 0 radical (unpaired) electrons. The van der Waals surface area contributed by atoms with Gasteiger partial charge >= 0.3 is 5.97 Å². The Bertz CT molecular complexity index is 437. The van der Waals surface area contributed by atoms with E-state index in [1.54, 1.807) is 6.20 Å². The maximum Gasteiger partial charge on any atom is 0.356 e.